The summed E-state index contributed by atoms with van der Waals surface area (Å²) in [5.74, 6) is -1.02. The average Bonchev–Trinajstić information content (AvgIpc) is 2.27. The van der Waals surface area contributed by atoms with Crippen molar-refractivity contribution in [3.63, 3.8) is 0 Å². The number of hydrogen-bond donors (Lipinski definition) is 2. The molecule has 2 N–H and O–H groups in total. The fourth-order valence-electron chi connectivity index (χ4n) is 1.36. The molecule has 98 valence electrons. The molecule has 0 radical (unpaired) electrons. The van der Waals surface area contributed by atoms with Crippen molar-refractivity contribution >= 4 is 12.0 Å². The lowest BCUT2D eigenvalue weighted by atomic mass is 10.4. The first kappa shape index (κ1) is 15.4. The van der Waals surface area contributed by atoms with Gasteiger partial charge in [0.25, 0.3) is 0 Å². The Hall–Kier alpha value is -1.56. The number of carboxylic acids is 1. The van der Waals surface area contributed by atoms with Gasteiger partial charge >= 0.3 is 12.0 Å². The van der Waals surface area contributed by atoms with E-state index < -0.39 is 5.97 Å². The molecule has 0 aromatic carbocycles. The summed E-state index contributed by atoms with van der Waals surface area (Å²) in [6.45, 7) is 4.85. The lowest BCUT2D eigenvalue weighted by Crippen LogP contribution is -2.44. The van der Waals surface area contributed by atoms with Crippen LogP contribution in [-0.2, 0) is 4.79 Å². The van der Waals surface area contributed by atoms with E-state index in [0.29, 0.717) is 6.54 Å². The van der Waals surface area contributed by atoms with Crippen molar-refractivity contribution in [2.24, 2.45) is 0 Å². The summed E-state index contributed by atoms with van der Waals surface area (Å²) in [5.41, 5.74) is 0. The van der Waals surface area contributed by atoms with Crippen LogP contribution < -0.4 is 5.32 Å². The number of rotatable bonds is 8. The van der Waals surface area contributed by atoms with Crippen LogP contribution in [-0.4, -0.2) is 67.2 Å². The molecule has 0 aromatic rings. The summed E-state index contributed by atoms with van der Waals surface area (Å²) in [5, 5.41) is 11.7. The fraction of sp³-hybridized carbons (Fsp3) is 0.636. The van der Waals surface area contributed by atoms with E-state index in [1.807, 2.05) is 7.05 Å². The molecule has 0 aliphatic carbocycles. The highest BCUT2D eigenvalue weighted by molar-refractivity contribution is 5.80. The Morgan fingerprint density at radius 2 is 2.12 bits per heavy atom. The first-order chi connectivity index (χ1) is 8.02. The zero-order chi connectivity index (χ0) is 13.3. The summed E-state index contributed by atoms with van der Waals surface area (Å²) < 4.78 is 0. The maximum Gasteiger partial charge on any atom is 0.323 e. The van der Waals surface area contributed by atoms with E-state index in [4.69, 9.17) is 5.11 Å². The first-order valence-electron chi connectivity index (χ1n) is 5.50. The number of nitrogens with one attached hydrogen (secondary N) is 1. The van der Waals surface area contributed by atoms with E-state index in [1.165, 1.54) is 15.9 Å². The van der Waals surface area contributed by atoms with Crippen molar-refractivity contribution in [2.45, 2.75) is 6.42 Å². The van der Waals surface area contributed by atoms with E-state index in [1.54, 1.807) is 7.05 Å². The van der Waals surface area contributed by atoms with Gasteiger partial charge in [0.05, 0.1) is 0 Å². The SMILES string of the molecule is C=CCN(CC(=O)O)C(=O)N(C)CCCNC. The van der Waals surface area contributed by atoms with Crippen molar-refractivity contribution in [1.29, 1.82) is 0 Å². The second-order valence-electron chi connectivity index (χ2n) is 3.72. The molecule has 0 saturated heterocycles. The molecule has 2 amide bonds. The van der Waals surface area contributed by atoms with Crippen molar-refractivity contribution in [3.8, 4) is 0 Å². The molecule has 6 nitrogen and oxygen atoms in total. The summed E-state index contributed by atoms with van der Waals surface area (Å²) >= 11 is 0. The Balaban J connectivity index is 4.27. The van der Waals surface area contributed by atoms with Gasteiger partial charge in [-0.1, -0.05) is 6.08 Å². The van der Waals surface area contributed by atoms with Crippen LogP contribution in [0.1, 0.15) is 6.42 Å². The lowest BCUT2D eigenvalue weighted by molar-refractivity contribution is -0.137. The predicted molar refractivity (Wildman–Crippen MR) is 66.0 cm³/mol. The minimum Gasteiger partial charge on any atom is -0.480 e. The van der Waals surface area contributed by atoms with Gasteiger partial charge in [0, 0.05) is 20.1 Å². The highest BCUT2D eigenvalue weighted by Crippen LogP contribution is 1.98. The van der Waals surface area contributed by atoms with Gasteiger partial charge in [-0.2, -0.15) is 0 Å². The number of aliphatic carboxylic acids is 1. The van der Waals surface area contributed by atoms with Crippen molar-refractivity contribution < 1.29 is 14.7 Å². The number of carbonyl (C=O) groups excluding carboxylic acids is 1. The third kappa shape index (κ3) is 6.57. The molecular formula is C11H21N3O3. The van der Waals surface area contributed by atoms with Gasteiger partial charge in [-0.3, -0.25) is 4.79 Å². The number of carbonyl (C=O) groups is 2. The minimum absolute atomic E-state index is 0.238. The van der Waals surface area contributed by atoms with Crippen molar-refractivity contribution in [1.82, 2.24) is 15.1 Å². The zero-order valence-electron chi connectivity index (χ0n) is 10.5. The van der Waals surface area contributed by atoms with Crippen molar-refractivity contribution in [3.05, 3.63) is 12.7 Å². The average molecular weight is 243 g/mol. The monoisotopic (exact) mass is 243 g/mol. The van der Waals surface area contributed by atoms with Gasteiger partial charge in [-0.25, -0.2) is 4.79 Å². The van der Waals surface area contributed by atoms with E-state index in [2.05, 4.69) is 11.9 Å². The summed E-state index contributed by atoms with van der Waals surface area (Å²) in [6.07, 6.45) is 2.34. The Bertz CT molecular complexity index is 269. The molecule has 0 saturated carbocycles. The van der Waals surface area contributed by atoms with Crippen LogP contribution in [0.2, 0.25) is 0 Å². The zero-order valence-corrected chi connectivity index (χ0v) is 10.5. The van der Waals surface area contributed by atoms with Gasteiger partial charge in [0.1, 0.15) is 6.54 Å². The van der Waals surface area contributed by atoms with Crippen LogP contribution in [0.15, 0.2) is 12.7 Å². The molecular weight excluding hydrogens is 222 g/mol. The Labute approximate surface area is 102 Å². The third-order valence-electron chi connectivity index (χ3n) is 2.19. The fourth-order valence-corrected chi connectivity index (χ4v) is 1.36. The molecule has 0 aromatic heterocycles. The van der Waals surface area contributed by atoms with Crippen LogP contribution in [0.25, 0.3) is 0 Å². The molecule has 17 heavy (non-hydrogen) atoms. The van der Waals surface area contributed by atoms with Crippen LogP contribution in [0, 0.1) is 0 Å². The molecule has 0 fully saturated rings. The number of carboxylic acid groups (broad SMARTS) is 1. The number of urea groups is 1. The van der Waals surface area contributed by atoms with Crippen LogP contribution in [0.5, 0.6) is 0 Å². The third-order valence-corrected chi connectivity index (χ3v) is 2.19. The molecule has 0 aliphatic rings. The predicted octanol–water partition coefficient (Wildman–Crippen LogP) is 0.220. The number of nitrogens with zero attached hydrogens (tertiary/aromatic N) is 2. The molecule has 0 aliphatic heterocycles. The maximum absolute atomic E-state index is 11.9. The van der Waals surface area contributed by atoms with E-state index in [0.717, 1.165) is 13.0 Å². The van der Waals surface area contributed by atoms with Gasteiger partial charge in [0.2, 0.25) is 0 Å². The highest BCUT2D eigenvalue weighted by atomic mass is 16.4. The van der Waals surface area contributed by atoms with Gasteiger partial charge in [0.15, 0.2) is 0 Å². The molecule has 0 unspecified atom stereocenters. The molecule has 0 heterocycles. The topological polar surface area (TPSA) is 72.9 Å². The standard InChI is InChI=1S/C11H21N3O3/c1-4-7-14(9-10(15)16)11(17)13(3)8-5-6-12-2/h4,12H,1,5-9H2,2-3H3,(H,15,16). The number of hydrogen-bond acceptors (Lipinski definition) is 3. The van der Waals surface area contributed by atoms with Crippen molar-refractivity contribution in [2.75, 3.05) is 40.3 Å². The van der Waals surface area contributed by atoms with Gasteiger partial charge in [-0.15, -0.1) is 6.58 Å². The van der Waals surface area contributed by atoms with Crippen LogP contribution in [0.3, 0.4) is 0 Å². The normalized spacial score (nSPS) is 9.76. The quantitative estimate of drug-likeness (QED) is 0.472. The maximum atomic E-state index is 11.9. The van der Waals surface area contributed by atoms with E-state index >= 15 is 0 Å². The second-order valence-corrected chi connectivity index (χ2v) is 3.72. The molecule has 6 heteroatoms. The molecule has 0 spiro atoms. The summed E-state index contributed by atoms with van der Waals surface area (Å²) in [4.78, 5) is 25.3. The summed E-state index contributed by atoms with van der Waals surface area (Å²) in [6, 6.07) is -0.289. The molecule has 0 bridgehead atoms. The smallest absolute Gasteiger partial charge is 0.323 e. The van der Waals surface area contributed by atoms with E-state index in [9.17, 15) is 9.59 Å². The van der Waals surface area contributed by atoms with Crippen LogP contribution in [0.4, 0.5) is 4.79 Å². The Kier molecular flexibility index (Phi) is 7.79. The highest BCUT2D eigenvalue weighted by Gasteiger charge is 2.18. The Morgan fingerprint density at radius 3 is 2.59 bits per heavy atom. The molecule has 0 rings (SSSR count). The summed E-state index contributed by atoms with van der Waals surface area (Å²) in [7, 11) is 3.51. The minimum atomic E-state index is -1.02. The van der Waals surface area contributed by atoms with E-state index in [-0.39, 0.29) is 19.1 Å². The lowest BCUT2D eigenvalue weighted by Gasteiger charge is -2.26. The molecule has 0 atom stereocenters. The number of amides is 2. The van der Waals surface area contributed by atoms with Crippen LogP contribution >= 0.6 is 0 Å². The Morgan fingerprint density at radius 1 is 1.47 bits per heavy atom. The van der Waals surface area contributed by atoms with Gasteiger partial charge < -0.3 is 20.2 Å². The largest absolute Gasteiger partial charge is 0.480 e. The first-order valence-corrected chi connectivity index (χ1v) is 5.50. The van der Waals surface area contributed by atoms with Gasteiger partial charge in [-0.05, 0) is 20.0 Å². The second kappa shape index (κ2) is 8.58.